The molecule has 0 N–H and O–H groups in total. The van der Waals surface area contributed by atoms with E-state index in [1.807, 2.05) is 6.92 Å². The minimum atomic E-state index is -0.384. The van der Waals surface area contributed by atoms with Gasteiger partial charge in [0.2, 0.25) is 0 Å². The lowest BCUT2D eigenvalue weighted by Gasteiger charge is -2.07. The predicted molar refractivity (Wildman–Crippen MR) is 73.7 cm³/mol. The maximum Gasteiger partial charge on any atom is 0.123 e. The molecule has 0 amide bonds. The second-order valence-electron chi connectivity index (χ2n) is 4.00. The summed E-state index contributed by atoms with van der Waals surface area (Å²) in [5.41, 5.74) is 2.30. The number of allylic oxidation sites excluding steroid dienone is 1. The molecule has 0 bridgehead atoms. The van der Waals surface area contributed by atoms with Crippen LogP contribution in [0.1, 0.15) is 16.7 Å². The summed E-state index contributed by atoms with van der Waals surface area (Å²) in [6.45, 7) is 1.82. The largest absolute Gasteiger partial charge is 0.265 e. The topological polar surface area (TPSA) is 36.7 Å². The van der Waals surface area contributed by atoms with Gasteiger partial charge in [0, 0.05) is 18.0 Å². The lowest BCUT2D eigenvalue weighted by molar-refractivity contribution is 0.627. The van der Waals surface area contributed by atoms with Crippen molar-refractivity contribution in [1.82, 2.24) is 4.98 Å². The Bertz CT molecular complexity index is 672. The third-order valence-corrected chi connectivity index (χ3v) is 3.13. The van der Waals surface area contributed by atoms with E-state index in [1.165, 1.54) is 12.1 Å². The fraction of sp³-hybridized carbons (Fsp3) is 0.0667. The number of pyridine rings is 1. The molecule has 2 rings (SSSR count). The average molecular weight is 273 g/mol. The van der Waals surface area contributed by atoms with Gasteiger partial charge in [-0.25, -0.2) is 4.39 Å². The van der Waals surface area contributed by atoms with Crippen LogP contribution in [0.25, 0.3) is 10.6 Å². The summed E-state index contributed by atoms with van der Waals surface area (Å²) < 4.78 is 13.3. The van der Waals surface area contributed by atoms with Crippen molar-refractivity contribution in [3.63, 3.8) is 0 Å². The first-order valence-corrected chi connectivity index (χ1v) is 5.98. The van der Waals surface area contributed by atoms with Crippen molar-refractivity contribution in [2.75, 3.05) is 0 Å². The Kier molecular flexibility index (Phi) is 3.94. The van der Waals surface area contributed by atoms with Crippen LogP contribution in [0, 0.1) is 24.1 Å². The molecule has 0 atom stereocenters. The third kappa shape index (κ3) is 2.81. The first-order valence-electron chi connectivity index (χ1n) is 5.60. The van der Waals surface area contributed by atoms with Gasteiger partial charge in [0.05, 0.1) is 10.6 Å². The molecule has 4 heteroatoms. The SMILES string of the molecule is Cc1ccc(F)cc1/C(Cl)=C(/C#N)c1ccncc1. The van der Waals surface area contributed by atoms with E-state index in [0.717, 1.165) is 5.56 Å². The number of rotatable bonds is 2. The summed E-state index contributed by atoms with van der Waals surface area (Å²) in [4.78, 5) is 3.89. The summed E-state index contributed by atoms with van der Waals surface area (Å²) in [5, 5.41) is 9.51. The van der Waals surface area contributed by atoms with Gasteiger partial charge in [0.25, 0.3) is 0 Å². The Morgan fingerprint density at radius 2 is 1.95 bits per heavy atom. The molecule has 0 fully saturated rings. The lowest BCUT2D eigenvalue weighted by atomic mass is 10.0. The highest BCUT2D eigenvalue weighted by Gasteiger charge is 2.12. The molecule has 2 aromatic rings. The van der Waals surface area contributed by atoms with Crippen LogP contribution >= 0.6 is 11.6 Å². The van der Waals surface area contributed by atoms with Gasteiger partial charge < -0.3 is 0 Å². The van der Waals surface area contributed by atoms with Crippen LogP contribution < -0.4 is 0 Å². The van der Waals surface area contributed by atoms with E-state index in [0.29, 0.717) is 16.7 Å². The molecule has 0 unspecified atom stereocenters. The molecule has 0 saturated carbocycles. The summed E-state index contributed by atoms with van der Waals surface area (Å²) in [5.74, 6) is -0.384. The summed E-state index contributed by atoms with van der Waals surface area (Å²) >= 11 is 6.25. The highest BCUT2D eigenvalue weighted by atomic mass is 35.5. The van der Waals surface area contributed by atoms with E-state index in [-0.39, 0.29) is 10.8 Å². The van der Waals surface area contributed by atoms with Crippen LogP contribution in [-0.2, 0) is 0 Å². The highest BCUT2D eigenvalue weighted by Crippen LogP contribution is 2.31. The van der Waals surface area contributed by atoms with Gasteiger partial charge in [0.15, 0.2) is 0 Å². The Hall–Kier alpha value is -2.18. The maximum atomic E-state index is 13.3. The van der Waals surface area contributed by atoms with Crippen LogP contribution in [0.4, 0.5) is 4.39 Å². The number of nitriles is 1. The molecule has 0 radical (unpaired) electrons. The van der Waals surface area contributed by atoms with Gasteiger partial charge in [-0.05, 0) is 42.3 Å². The number of benzene rings is 1. The number of hydrogen-bond acceptors (Lipinski definition) is 2. The molecular formula is C15H10ClFN2. The van der Waals surface area contributed by atoms with Gasteiger partial charge in [-0.2, -0.15) is 5.26 Å². The van der Waals surface area contributed by atoms with E-state index < -0.39 is 0 Å². The Morgan fingerprint density at radius 3 is 2.58 bits per heavy atom. The van der Waals surface area contributed by atoms with Gasteiger partial charge in [-0.1, -0.05) is 17.7 Å². The molecular weight excluding hydrogens is 263 g/mol. The molecule has 0 aliphatic carbocycles. The van der Waals surface area contributed by atoms with Crippen LogP contribution in [0.3, 0.4) is 0 Å². The average Bonchev–Trinajstić information content (AvgIpc) is 2.43. The van der Waals surface area contributed by atoms with Crippen molar-refractivity contribution < 1.29 is 4.39 Å². The van der Waals surface area contributed by atoms with Crippen LogP contribution in [0.15, 0.2) is 42.7 Å². The van der Waals surface area contributed by atoms with Crippen LogP contribution in [0.5, 0.6) is 0 Å². The zero-order valence-corrected chi connectivity index (χ0v) is 10.9. The fourth-order valence-corrected chi connectivity index (χ4v) is 2.08. The first-order chi connectivity index (χ1) is 9.13. The molecule has 1 heterocycles. The molecule has 0 spiro atoms. The fourth-order valence-electron chi connectivity index (χ4n) is 1.72. The van der Waals surface area contributed by atoms with E-state index in [1.54, 1.807) is 30.6 Å². The Balaban J connectivity index is 2.62. The highest BCUT2D eigenvalue weighted by molar-refractivity contribution is 6.53. The molecule has 2 nitrogen and oxygen atoms in total. The van der Waals surface area contributed by atoms with E-state index in [4.69, 9.17) is 11.6 Å². The molecule has 0 saturated heterocycles. The van der Waals surface area contributed by atoms with E-state index in [2.05, 4.69) is 11.1 Å². The summed E-state index contributed by atoms with van der Waals surface area (Å²) in [7, 11) is 0. The van der Waals surface area contributed by atoms with Crippen molar-refractivity contribution in [3.05, 3.63) is 65.2 Å². The Morgan fingerprint density at radius 1 is 1.26 bits per heavy atom. The summed E-state index contributed by atoms with van der Waals surface area (Å²) in [6, 6.07) is 9.77. The summed E-state index contributed by atoms with van der Waals surface area (Å²) in [6.07, 6.45) is 3.16. The minimum absolute atomic E-state index is 0.241. The van der Waals surface area contributed by atoms with Crippen molar-refractivity contribution in [2.45, 2.75) is 6.92 Å². The predicted octanol–water partition coefficient (Wildman–Crippen LogP) is 4.16. The van der Waals surface area contributed by atoms with Crippen LogP contribution in [-0.4, -0.2) is 4.98 Å². The van der Waals surface area contributed by atoms with Gasteiger partial charge >= 0.3 is 0 Å². The first kappa shape index (κ1) is 13.3. The molecule has 19 heavy (non-hydrogen) atoms. The normalized spacial score (nSPS) is 11.7. The molecule has 0 aliphatic heterocycles. The minimum Gasteiger partial charge on any atom is -0.265 e. The van der Waals surface area contributed by atoms with Gasteiger partial charge in [-0.3, -0.25) is 4.98 Å². The number of halogens is 2. The second kappa shape index (κ2) is 5.64. The van der Waals surface area contributed by atoms with Crippen molar-refractivity contribution in [2.24, 2.45) is 0 Å². The second-order valence-corrected chi connectivity index (χ2v) is 4.37. The van der Waals surface area contributed by atoms with Gasteiger partial charge in [-0.15, -0.1) is 0 Å². The molecule has 1 aromatic heterocycles. The van der Waals surface area contributed by atoms with E-state index in [9.17, 15) is 9.65 Å². The molecule has 94 valence electrons. The standard InChI is InChI=1S/C15H10ClFN2/c1-10-2-3-12(17)8-13(10)15(16)14(9-18)11-4-6-19-7-5-11/h2-8H,1H3/b15-14+. The lowest BCUT2D eigenvalue weighted by Crippen LogP contribution is -1.91. The third-order valence-electron chi connectivity index (χ3n) is 2.74. The van der Waals surface area contributed by atoms with Gasteiger partial charge in [0.1, 0.15) is 11.9 Å². The van der Waals surface area contributed by atoms with E-state index >= 15 is 0 Å². The van der Waals surface area contributed by atoms with Crippen LogP contribution in [0.2, 0.25) is 0 Å². The number of aryl methyl sites for hydroxylation is 1. The molecule has 1 aromatic carbocycles. The zero-order valence-electron chi connectivity index (χ0n) is 10.2. The number of aromatic nitrogens is 1. The zero-order chi connectivity index (χ0) is 13.8. The van der Waals surface area contributed by atoms with Crippen molar-refractivity contribution >= 4 is 22.2 Å². The quantitative estimate of drug-likeness (QED) is 0.770. The monoisotopic (exact) mass is 272 g/mol. The number of hydrogen-bond donors (Lipinski definition) is 0. The van der Waals surface area contributed by atoms with Crippen molar-refractivity contribution in [3.8, 4) is 6.07 Å². The van der Waals surface area contributed by atoms with Crippen molar-refractivity contribution in [1.29, 1.82) is 5.26 Å². The molecule has 0 aliphatic rings. The number of nitrogens with zero attached hydrogens (tertiary/aromatic N) is 2. The maximum absolute atomic E-state index is 13.3. The Labute approximate surface area is 115 Å². The smallest absolute Gasteiger partial charge is 0.123 e.